The first-order valence-corrected chi connectivity index (χ1v) is 6.29. The van der Waals surface area contributed by atoms with Crippen molar-refractivity contribution in [2.45, 2.75) is 51.7 Å². The van der Waals surface area contributed by atoms with Gasteiger partial charge in [0.15, 0.2) is 0 Å². The number of hydrogen-bond donors (Lipinski definition) is 1. The smallest absolute Gasteiger partial charge is 0.0358 e. The fraction of sp³-hybridized carbons (Fsp3) is 1.00. The molecule has 1 heterocycles. The van der Waals surface area contributed by atoms with E-state index >= 15 is 0 Å². The summed E-state index contributed by atoms with van der Waals surface area (Å²) in [6, 6.07) is 0.596. The minimum absolute atomic E-state index is 0.228. The minimum atomic E-state index is 0.228. The second kappa shape index (κ2) is 4.63. The molecular formula is C13H29N3. The molecule has 1 fully saturated rings. The first-order chi connectivity index (χ1) is 7.14. The Kier molecular flexibility index (Phi) is 4.04. The van der Waals surface area contributed by atoms with Gasteiger partial charge in [0.2, 0.25) is 0 Å². The van der Waals surface area contributed by atoms with Gasteiger partial charge in [-0.25, -0.2) is 0 Å². The second-order valence-corrected chi connectivity index (χ2v) is 6.90. The number of likely N-dealkylation sites (N-methyl/N-ethyl adjacent to an activating group) is 1. The average Bonchev–Trinajstić information content (AvgIpc) is 1.97. The highest BCUT2D eigenvalue weighted by molar-refractivity contribution is 5.00. The van der Waals surface area contributed by atoms with Crippen LogP contribution in [0.4, 0.5) is 0 Å². The molecule has 0 bridgehead atoms. The molecule has 0 aromatic rings. The maximum absolute atomic E-state index is 3.56. The molecule has 0 aromatic carbocycles. The van der Waals surface area contributed by atoms with Crippen molar-refractivity contribution in [3.63, 3.8) is 0 Å². The summed E-state index contributed by atoms with van der Waals surface area (Å²) < 4.78 is 0. The van der Waals surface area contributed by atoms with E-state index in [9.17, 15) is 0 Å². The van der Waals surface area contributed by atoms with Gasteiger partial charge in [0.1, 0.15) is 0 Å². The Bertz CT molecular complexity index is 228. The topological polar surface area (TPSA) is 18.5 Å². The largest absolute Gasteiger partial charge is 0.313 e. The molecular weight excluding hydrogens is 198 g/mol. The Morgan fingerprint density at radius 1 is 1.31 bits per heavy atom. The number of nitrogens with one attached hydrogen (secondary N) is 1. The third-order valence-electron chi connectivity index (χ3n) is 3.25. The molecule has 1 saturated heterocycles. The van der Waals surface area contributed by atoms with Crippen LogP contribution in [0.5, 0.6) is 0 Å². The van der Waals surface area contributed by atoms with Gasteiger partial charge in [-0.1, -0.05) is 0 Å². The number of piperazine rings is 1. The SMILES string of the molecule is CN(C)CC1CNCC(C)(C)N1C(C)(C)C. The lowest BCUT2D eigenvalue weighted by Crippen LogP contribution is -2.69. The van der Waals surface area contributed by atoms with Crippen molar-refractivity contribution < 1.29 is 0 Å². The van der Waals surface area contributed by atoms with E-state index in [1.54, 1.807) is 0 Å². The lowest BCUT2D eigenvalue weighted by Gasteiger charge is -2.55. The molecule has 3 heteroatoms. The van der Waals surface area contributed by atoms with Gasteiger partial charge in [0.25, 0.3) is 0 Å². The molecule has 0 aliphatic carbocycles. The molecule has 1 atom stereocenters. The van der Waals surface area contributed by atoms with Crippen molar-refractivity contribution in [2.24, 2.45) is 0 Å². The first kappa shape index (κ1) is 13.9. The van der Waals surface area contributed by atoms with Crippen LogP contribution in [-0.2, 0) is 0 Å². The van der Waals surface area contributed by atoms with E-state index in [1.807, 2.05) is 0 Å². The molecule has 1 unspecified atom stereocenters. The molecule has 0 amide bonds. The van der Waals surface area contributed by atoms with E-state index in [0.29, 0.717) is 6.04 Å². The van der Waals surface area contributed by atoms with Gasteiger partial charge in [-0.2, -0.15) is 0 Å². The van der Waals surface area contributed by atoms with E-state index in [0.717, 1.165) is 19.6 Å². The minimum Gasteiger partial charge on any atom is -0.313 e. The van der Waals surface area contributed by atoms with Crippen LogP contribution in [0.3, 0.4) is 0 Å². The standard InChI is InChI=1S/C13H29N3/c1-12(2,3)16-11(9-15(6)7)8-14-10-13(16,4)5/h11,14H,8-10H2,1-7H3. The molecule has 96 valence electrons. The van der Waals surface area contributed by atoms with Crippen LogP contribution < -0.4 is 5.32 Å². The first-order valence-electron chi connectivity index (χ1n) is 6.29. The van der Waals surface area contributed by atoms with Gasteiger partial charge < -0.3 is 10.2 Å². The van der Waals surface area contributed by atoms with Crippen LogP contribution in [-0.4, -0.2) is 60.6 Å². The van der Waals surface area contributed by atoms with Gasteiger partial charge in [-0.3, -0.25) is 4.90 Å². The predicted octanol–water partition coefficient (Wildman–Crippen LogP) is 1.40. The second-order valence-electron chi connectivity index (χ2n) is 6.90. The van der Waals surface area contributed by atoms with E-state index in [2.05, 4.69) is 63.8 Å². The molecule has 1 aliphatic rings. The zero-order chi connectivity index (χ0) is 12.6. The van der Waals surface area contributed by atoms with E-state index in [4.69, 9.17) is 0 Å². The van der Waals surface area contributed by atoms with Crippen LogP contribution in [0.1, 0.15) is 34.6 Å². The number of nitrogens with zero attached hydrogens (tertiary/aromatic N) is 2. The van der Waals surface area contributed by atoms with Crippen molar-refractivity contribution in [1.29, 1.82) is 0 Å². The van der Waals surface area contributed by atoms with E-state index in [-0.39, 0.29) is 11.1 Å². The van der Waals surface area contributed by atoms with Gasteiger partial charge in [0, 0.05) is 36.8 Å². The molecule has 1 rings (SSSR count). The van der Waals surface area contributed by atoms with Crippen LogP contribution in [0.25, 0.3) is 0 Å². The third kappa shape index (κ3) is 3.19. The summed E-state index contributed by atoms with van der Waals surface area (Å²) in [5, 5.41) is 3.56. The summed E-state index contributed by atoms with van der Waals surface area (Å²) in [7, 11) is 4.31. The van der Waals surface area contributed by atoms with Crippen molar-refractivity contribution in [1.82, 2.24) is 15.1 Å². The third-order valence-corrected chi connectivity index (χ3v) is 3.25. The summed E-state index contributed by atoms with van der Waals surface area (Å²) in [5.41, 5.74) is 0.462. The van der Waals surface area contributed by atoms with Crippen LogP contribution >= 0.6 is 0 Å². The highest BCUT2D eigenvalue weighted by Gasteiger charge is 2.42. The molecule has 1 aliphatic heterocycles. The highest BCUT2D eigenvalue weighted by atomic mass is 15.3. The summed E-state index contributed by atoms with van der Waals surface area (Å²) in [6.45, 7) is 14.9. The van der Waals surface area contributed by atoms with Gasteiger partial charge in [-0.15, -0.1) is 0 Å². The Hall–Kier alpha value is -0.120. The van der Waals surface area contributed by atoms with Crippen LogP contribution in [0.15, 0.2) is 0 Å². The van der Waals surface area contributed by atoms with Crippen LogP contribution in [0.2, 0.25) is 0 Å². The van der Waals surface area contributed by atoms with E-state index < -0.39 is 0 Å². The van der Waals surface area contributed by atoms with E-state index in [1.165, 1.54) is 0 Å². The fourth-order valence-electron chi connectivity index (χ4n) is 3.24. The fourth-order valence-corrected chi connectivity index (χ4v) is 3.24. The Labute approximate surface area is 101 Å². The molecule has 0 spiro atoms. The van der Waals surface area contributed by atoms with Crippen LogP contribution in [0, 0.1) is 0 Å². The Morgan fingerprint density at radius 2 is 1.88 bits per heavy atom. The number of rotatable bonds is 2. The molecule has 0 saturated carbocycles. The average molecular weight is 227 g/mol. The molecule has 1 N–H and O–H groups in total. The van der Waals surface area contributed by atoms with Gasteiger partial charge >= 0.3 is 0 Å². The summed E-state index contributed by atoms with van der Waals surface area (Å²) in [4.78, 5) is 4.96. The number of hydrogen-bond acceptors (Lipinski definition) is 3. The van der Waals surface area contributed by atoms with Crippen molar-refractivity contribution in [2.75, 3.05) is 33.7 Å². The maximum Gasteiger partial charge on any atom is 0.0358 e. The molecule has 0 aromatic heterocycles. The van der Waals surface area contributed by atoms with Gasteiger partial charge in [0.05, 0.1) is 0 Å². The van der Waals surface area contributed by atoms with Crippen molar-refractivity contribution in [3.8, 4) is 0 Å². The Balaban J connectivity index is 2.89. The maximum atomic E-state index is 3.56. The predicted molar refractivity (Wildman–Crippen MR) is 70.9 cm³/mol. The highest BCUT2D eigenvalue weighted by Crippen LogP contribution is 2.29. The lowest BCUT2D eigenvalue weighted by atomic mass is 9.88. The summed E-state index contributed by atoms with van der Waals surface area (Å²) in [6.07, 6.45) is 0. The summed E-state index contributed by atoms with van der Waals surface area (Å²) in [5.74, 6) is 0. The summed E-state index contributed by atoms with van der Waals surface area (Å²) >= 11 is 0. The molecule has 3 nitrogen and oxygen atoms in total. The molecule has 0 radical (unpaired) electrons. The monoisotopic (exact) mass is 227 g/mol. The normalized spacial score (nSPS) is 27.4. The Morgan fingerprint density at radius 3 is 2.31 bits per heavy atom. The van der Waals surface area contributed by atoms with Crippen molar-refractivity contribution >= 4 is 0 Å². The quantitative estimate of drug-likeness (QED) is 0.769. The lowest BCUT2D eigenvalue weighted by molar-refractivity contribution is -0.0435. The zero-order valence-electron chi connectivity index (χ0n) is 12.1. The molecule has 16 heavy (non-hydrogen) atoms. The van der Waals surface area contributed by atoms with Crippen molar-refractivity contribution in [3.05, 3.63) is 0 Å². The zero-order valence-corrected chi connectivity index (χ0v) is 12.1. The van der Waals surface area contributed by atoms with Gasteiger partial charge in [-0.05, 0) is 48.7 Å².